The highest BCUT2D eigenvalue weighted by atomic mass is 35.5. The summed E-state index contributed by atoms with van der Waals surface area (Å²) >= 11 is 12.1. The van der Waals surface area contributed by atoms with Gasteiger partial charge in [0.15, 0.2) is 0 Å². The van der Waals surface area contributed by atoms with Crippen molar-refractivity contribution >= 4 is 39.9 Å². The molecule has 0 bridgehead atoms. The Balaban J connectivity index is 1.91. The Kier molecular flexibility index (Phi) is 5.98. The average molecular weight is 532 g/mol. The molecule has 1 atom stereocenters. The van der Waals surface area contributed by atoms with Crippen LogP contribution in [0.3, 0.4) is 0 Å². The van der Waals surface area contributed by atoms with E-state index in [-0.39, 0.29) is 38.2 Å². The molecule has 186 valence electrons. The maximum absolute atomic E-state index is 14.0. The number of pyridine rings is 2. The van der Waals surface area contributed by atoms with Crippen LogP contribution in [0.2, 0.25) is 10.0 Å². The zero-order chi connectivity index (χ0) is 25.8. The fourth-order valence-corrected chi connectivity index (χ4v) is 4.69. The van der Waals surface area contributed by atoms with Gasteiger partial charge in [-0.2, -0.15) is 4.98 Å². The molecule has 1 saturated heterocycles. The smallest absolute Gasteiger partial charge is 0.340 e. The lowest BCUT2D eigenvalue weighted by Crippen LogP contribution is -2.39. The molecule has 36 heavy (non-hydrogen) atoms. The minimum absolute atomic E-state index is 0.00669. The summed E-state index contributed by atoms with van der Waals surface area (Å²) in [5, 5.41) is 10.5. The molecule has 0 spiro atoms. The predicted octanol–water partition coefficient (Wildman–Crippen LogP) is 3.35. The normalized spacial score (nSPS) is 17.7. The van der Waals surface area contributed by atoms with Crippen LogP contribution in [-0.2, 0) is 0 Å². The molecule has 1 aliphatic heterocycles. The summed E-state index contributed by atoms with van der Waals surface area (Å²) in [6.45, 7) is 2.53. The number of rotatable bonds is 4. The van der Waals surface area contributed by atoms with Gasteiger partial charge in [0, 0.05) is 25.4 Å². The number of benzene rings is 1. The van der Waals surface area contributed by atoms with Crippen molar-refractivity contribution in [2.75, 3.05) is 25.1 Å². The molecule has 4 aromatic rings. The van der Waals surface area contributed by atoms with Crippen molar-refractivity contribution in [3.8, 4) is 17.3 Å². The summed E-state index contributed by atoms with van der Waals surface area (Å²) in [6, 6.07) is 6.78. The van der Waals surface area contributed by atoms with Gasteiger partial charge in [-0.1, -0.05) is 23.2 Å². The molecule has 0 amide bonds. The number of methoxy groups -OCH3 is 1. The molecular formula is C24H20Cl2FN5O4. The molecule has 0 aliphatic carbocycles. The highest BCUT2D eigenvalue weighted by Crippen LogP contribution is 2.31. The van der Waals surface area contributed by atoms with Crippen molar-refractivity contribution in [3.63, 3.8) is 0 Å². The van der Waals surface area contributed by atoms with Crippen molar-refractivity contribution in [1.29, 1.82) is 0 Å². The molecule has 1 N–H and O–H groups in total. The fraction of sp³-hybridized carbons (Fsp3) is 0.250. The first-order chi connectivity index (χ1) is 17.1. The monoisotopic (exact) mass is 531 g/mol. The molecule has 1 aliphatic rings. The molecule has 4 heterocycles. The number of nitrogens with zero attached hydrogens (tertiary/aromatic N) is 5. The number of ether oxygens (including phenoxy) is 1. The second-order valence-electron chi connectivity index (χ2n) is 8.77. The summed E-state index contributed by atoms with van der Waals surface area (Å²) in [5.41, 5.74) is -1.86. The molecule has 1 aromatic carbocycles. The van der Waals surface area contributed by atoms with E-state index in [1.165, 1.54) is 42.3 Å². The molecule has 3 aromatic heterocycles. The predicted molar refractivity (Wildman–Crippen MR) is 135 cm³/mol. The Morgan fingerprint density at radius 1 is 1.11 bits per heavy atom. The van der Waals surface area contributed by atoms with E-state index in [0.29, 0.717) is 25.3 Å². The largest absolute Gasteiger partial charge is 0.480 e. The lowest BCUT2D eigenvalue weighted by atomic mass is 10.1. The number of β-amino-alcohol motifs (C(OH)–C–C–N with tert-alkyl or cyclic N) is 1. The molecule has 0 saturated carbocycles. The number of halogens is 3. The number of hydrogen-bond acceptors (Lipinski definition) is 7. The summed E-state index contributed by atoms with van der Waals surface area (Å²) in [5.74, 6) is -0.283. The van der Waals surface area contributed by atoms with Gasteiger partial charge in [-0.25, -0.2) is 13.8 Å². The van der Waals surface area contributed by atoms with E-state index in [1.807, 2.05) is 4.90 Å². The van der Waals surface area contributed by atoms with Crippen LogP contribution in [0.4, 0.5) is 10.2 Å². The van der Waals surface area contributed by atoms with Gasteiger partial charge in [-0.3, -0.25) is 14.3 Å². The fourth-order valence-electron chi connectivity index (χ4n) is 4.35. The van der Waals surface area contributed by atoms with E-state index in [0.717, 1.165) is 10.6 Å². The van der Waals surface area contributed by atoms with Crippen LogP contribution in [0.25, 0.3) is 22.3 Å². The summed E-state index contributed by atoms with van der Waals surface area (Å²) in [4.78, 5) is 37.9. The van der Waals surface area contributed by atoms with E-state index in [1.54, 1.807) is 13.0 Å². The Morgan fingerprint density at radius 3 is 2.53 bits per heavy atom. The lowest BCUT2D eigenvalue weighted by molar-refractivity contribution is 0.0839. The van der Waals surface area contributed by atoms with Crippen LogP contribution >= 0.6 is 23.2 Å². The topological polar surface area (TPSA) is 102 Å². The van der Waals surface area contributed by atoms with Crippen molar-refractivity contribution in [1.82, 2.24) is 19.1 Å². The number of fused-ring (bicyclic) bond motifs is 1. The number of anilines is 1. The summed E-state index contributed by atoms with van der Waals surface area (Å²) < 4.78 is 21.6. The Hall–Kier alpha value is -3.47. The highest BCUT2D eigenvalue weighted by molar-refractivity contribution is 6.31. The van der Waals surface area contributed by atoms with Crippen molar-refractivity contribution in [2.45, 2.75) is 18.9 Å². The second-order valence-corrected chi connectivity index (χ2v) is 9.61. The van der Waals surface area contributed by atoms with Gasteiger partial charge in [-0.15, -0.1) is 0 Å². The van der Waals surface area contributed by atoms with Gasteiger partial charge in [-0.05, 0) is 37.6 Å². The maximum atomic E-state index is 14.0. The Bertz CT molecular complexity index is 1640. The second kappa shape index (κ2) is 8.88. The molecule has 5 rings (SSSR count). The zero-order valence-electron chi connectivity index (χ0n) is 19.2. The van der Waals surface area contributed by atoms with Crippen LogP contribution in [0.1, 0.15) is 13.3 Å². The Morgan fingerprint density at radius 2 is 1.89 bits per heavy atom. The highest BCUT2D eigenvalue weighted by Gasteiger charge is 2.33. The molecule has 9 nitrogen and oxygen atoms in total. The van der Waals surface area contributed by atoms with Gasteiger partial charge in [0.05, 0.1) is 45.8 Å². The first-order valence-electron chi connectivity index (χ1n) is 10.9. The zero-order valence-corrected chi connectivity index (χ0v) is 20.7. The van der Waals surface area contributed by atoms with Gasteiger partial charge in [0.25, 0.3) is 5.56 Å². The van der Waals surface area contributed by atoms with Crippen LogP contribution in [0, 0.1) is 5.82 Å². The third kappa shape index (κ3) is 4.11. The quantitative estimate of drug-likeness (QED) is 0.430. The van der Waals surface area contributed by atoms with E-state index >= 15 is 0 Å². The first kappa shape index (κ1) is 24.2. The number of aliphatic hydroxyl groups is 1. The minimum atomic E-state index is -0.920. The third-order valence-corrected chi connectivity index (χ3v) is 6.57. The standard InChI is InChI=1S/C24H20Cl2FN5O4/c1-24(35)5-6-30(12-24)19-9-18-20(21(29-19)36-2)22(33)32(15-7-13(25)10-28-11-15)23(34)31(18)14-3-4-17(27)16(26)8-14/h3-4,7-11,35H,5-6,12H2,1-2H3. The summed E-state index contributed by atoms with van der Waals surface area (Å²) in [6.07, 6.45) is 3.21. The third-order valence-electron chi connectivity index (χ3n) is 6.07. The van der Waals surface area contributed by atoms with Crippen LogP contribution in [0.5, 0.6) is 5.88 Å². The minimum Gasteiger partial charge on any atom is -0.480 e. The van der Waals surface area contributed by atoms with Crippen molar-refractivity contribution < 1.29 is 14.2 Å². The van der Waals surface area contributed by atoms with E-state index < -0.39 is 22.7 Å². The SMILES string of the molecule is COc1nc(N2CCC(C)(O)C2)cc2c1c(=O)n(-c1cncc(Cl)c1)c(=O)n2-c1ccc(F)c(Cl)c1. The van der Waals surface area contributed by atoms with Gasteiger partial charge in [0.1, 0.15) is 17.0 Å². The van der Waals surface area contributed by atoms with Crippen LogP contribution in [0.15, 0.2) is 52.3 Å². The molecular weight excluding hydrogens is 512 g/mol. The van der Waals surface area contributed by atoms with Crippen LogP contribution < -0.4 is 20.9 Å². The number of hydrogen-bond donors (Lipinski definition) is 1. The first-order valence-corrected chi connectivity index (χ1v) is 11.7. The van der Waals surface area contributed by atoms with E-state index in [4.69, 9.17) is 27.9 Å². The van der Waals surface area contributed by atoms with Gasteiger partial charge < -0.3 is 14.7 Å². The van der Waals surface area contributed by atoms with Crippen molar-refractivity contribution in [3.05, 3.63) is 79.4 Å². The molecule has 0 radical (unpaired) electrons. The Labute approximate surface area is 213 Å². The van der Waals surface area contributed by atoms with Crippen LogP contribution in [-0.4, -0.2) is 50.0 Å². The average Bonchev–Trinajstić information content (AvgIpc) is 3.20. The van der Waals surface area contributed by atoms with Gasteiger partial charge in [0.2, 0.25) is 5.88 Å². The van der Waals surface area contributed by atoms with E-state index in [9.17, 15) is 19.1 Å². The van der Waals surface area contributed by atoms with Crippen molar-refractivity contribution in [2.24, 2.45) is 0 Å². The maximum Gasteiger partial charge on any atom is 0.340 e. The molecule has 1 unspecified atom stereocenters. The summed E-state index contributed by atoms with van der Waals surface area (Å²) in [7, 11) is 1.36. The van der Waals surface area contributed by atoms with E-state index in [2.05, 4.69) is 9.97 Å². The van der Waals surface area contributed by atoms with Gasteiger partial charge >= 0.3 is 5.69 Å². The number of aromatic nitrogens is 4. The lowest BCUT2D eigenvalue weighted by Gasteiger charge is -2.22. The molecule has 12 heteroatoms. The molecule has 1 fully saturated rings.